The van der Waals surface area contributed by atoms with Crippen molar-refractivity contribution in [3.8, 4) is 0 Å². The Kier molecular flexibility index (Phi) is 2.31. The highest BCUT2D eigenvalue weighted by Crippen LogP contribution is 2.58. The normalized spacial score (nSPS) is 30.2. The molecule has 0 aromatic carbocycles. The van der Waals surface area contributed by atoms with Crippen molar-refractivity contribution in [2.24, 2.45) is 17.3 Å². The van der Waals surface area contributed by atoms with E-state index in [1.54, 1.807) is 6.08 Å². The number of aliphatic carboxylic acids is 1. The van der Waals surface area contributed by atoms with Crippen LogP contribution in [0.15, 0.2) is 17.3 Å². The van der Waals surface area contributed by atoms with Crippen LogP contribution in [-0.4, -0.2) is 11.1 Å². The van der Waals surface area contributed by atoms with Gasteiger partial charge in [0, 0.05) is 11.5 Å². The number of carboxylic acid groups (broad SMARTS) is 1. The fourth-order valence-electron chi connectivity index (χ4n) is 1.60. The summed E-state index contributed by atoms with van der Waals surface area (Å²) < 4.78 is 0. The van der Waals surface area contributed by atoms with Crippen LogP contribution in [0.25, 0.3) is 0 Å². The molecular weight excluding hydrogens is 176 g/mol. The number of carboxylic acids is 1. The van der Waals surface area contributed by atoms with Gasteiger partial charge in [0.05, 0.1) is 5.92 Å². The molecule has 1 aliphatic carbocycles. The van der Waals surface area contributed by atoms with E-state index in [-0.39, 0.29) is 17.3 Å². The van der Waals surface area contributed by atoms with Gasteiger partial charge in [-0.15, -0.1) is 5.73 Å². The van der Waals surface area contributed by atoms with E-state index in [9.17, 15) is 4.79 Å². The van der Waals surface area contributed by atoms with Gasteiger partial charge in [-0.25, -0.2) is 0 Å². The largest absolute Gasteiger partial charge is 0.481 e. The molecule has 1 aliphatic rings. The Balaban J connectivity index is 2.73. The maximum atomic E-state index is 10.7. The molecule has 0 spiro atoms. The minimum Gasteiger partial charge on any atom is -0.481 e. The number of allylic oxidation sites excluding steroid dienone is 1. The van der Waals surface area contributed by atoms with Crippen LogP contribution in [0.3, 0.4) is 0 Å². The van der Waals surface area contributed by atoms with Crippen molar-refractivity contribution in [3.05, 3.63) is 17.3 Å². The first-order chi connectivity index (χ1) is 5.51. The summed E-state index contributed by atoms with van der Waals surface area (Å²) >= 11 is 5.28. The Bertz CT molecular complexity index is 262. The minimum absolute atomic E-state index is 0.0741. The van der Waals surface area contributed by atoms with Gasteiger partial charge in [0.15, 0.2) is 0 Å². The fraction of sp³-hybridized carbons (Fsp3) is 0.556. The van der Waals surface area contributed by atoms with Crippen LogP contribution in [0.2, 0.25) is 0 Å². The van der Waals surface area contributed by atoms with E-state index in [1.165, 1.54) is 5.54 Å². The highest BCUT2D eigenvalue weighted by Gasteiger charge is 2.60. The average molecular weight is 187 g/mol. The second-order valence-corrected chi connectivity index (χ2v) is 3.82. The maximum Gasteiger partial charge on any atom is 0.307 e. The predicted molar refractivity (Wildman–Crippen MR) is 46.9 cm³/mol. The van der Waals surface area contributed by atoms with E-state index >= 15 is 0 Å². The molecule has 0 radical (unpaired) electrons. The first kappa shape index (κ1) is 9.37. The van der Waals surface area contributed by atoms with Crippen molar-refractivity contribution in [1.82, 2.24) is 0 Å². The van der Waals surface area contributed by atoms with Crippen molar-refractivity contribution < 1.29 is 9.90 Å². The molecule has 0 aromatic heterocycles. The van der Waals surface area contributed by atoms with Gasteiger partial charge in [0.25, 0.3) is 0 Å². The van der Waals surface area contributed by atoms with Crippen LogP contribution in [-0.2, 0) is 4.79 Å². The zero-order valence-electron chi connectivity index (χ0n) is 7.04. The molecule has 2 nitrogen and oxygen atoms in total. The van der Waals surface area contributed by atoms with Crippen molar-refractivity contribution in [2.45, 2.75) is 13.8 Å². The van der Waals surface area contributed by atoms with Crippen LogP contribution in [0.1, 0.15) is 13.8 Å². The lowest BCUT2D eigenvalue weighted by molar-refractivity contribution is -0.139. The molecule has 0 heterocycles. The summed E-state index contributed by atoms with van der Waals surface area (Å²) in [7, 11) is 0. The zero-order valence-corrected chi connectivity index (χ0v) is 7.80. The summed E-state index contributed by atoms with van der Waals surface area (Å²) in [4.78, 5) is 10.7. The van der Waals surface area contributed by atoms with Crippen molar-refractivity contribution >= 4 is 17.6 Å². The van der Waals surface area contributed by atoms with Gasteiger partial charge in [-0.1, -0.05) is 25.4 Å². The maximum absolute atomic E-state index is 10.7. The van der Waals surface area contributed by atoms with Gasteiger partial charge in [0.1, 0.15) is 0 Å². The van der Waals surface area contributed by atoms with Crippen molar-refractivity contribution in [2.75, 3.05) is 0 Å². The molecule has 1 fully saturated rings. The second kappa shape index (κ2) is 2.96. The Labute approximate surface area is 76.5 Å². The van der Waals surface area contributed by atoms with E-state index in [2.05, 4.69) is 5.73 Å². The first-order valence-electron chi connectivity index (χ1n) is 3.76. The van der Waals surface area contributed by atoms with E-state index in [1.807, 2.05) is 13.8 Å². The summed E-state index contributed by atoms with van der Waals surface area (Å²) in [5, 5.41) is 8.77. The third kappa shape index (κ3) is 1.40. The van der Waals surface area contributed by atoms with Gasteiger partial charge < -0.3 is 5.11 Å². The number of rotatable bonds is 2. The SMILES string of the molecule is CC1(C)[C@H](C=C=CCl)[C@H]1C(=O)O. The summed E-state index contributed by atoms with van der Waals surface area (Å²) in [5.74, 6) is -0.941. The van der Waals surface area contributed by atoms with Gasteiger partial charge in [-0.05, 0) is 11.5 Å². The number of hydrogen-bond donors (Lipinski definition) is 1. The smallest absolute Gasteiger partial charge is 0.307 e. The molecule has 1 N–H and O–H groups in total. The molecule has 0 amide bonds. The third-order valence-electron chi connectivity index (χ3n) is 2.52. The number of halogens is 1. The summed E-state index contributed by atoms with van der Waals surface area (Å²) in [6, 6.07) is 0. The van der Waals surface area contributed by atoms with Crippen molar-refractivity contribution in [3.63, 3.8) is 0 Å². The van der Waals surface area contributed by atoms with Gasteiger partial charge in [-0.2, -0.15) is 0 Å². The third-order valence-corrected chi connectivity index (χ3v) is 2.64. The quantitative estimate of drug-likeness (QED) is 0.672. The van der Waals surface area contributed by atoms with Gasteiger partial charge in [0.2, 0.25) is 0 Å². The second-order valence-electron chi connectivity index (χ2n) is 3.61. The number of hydrogen-bond acceptors (Lipinski definition) is 1. The number of carbonyl (C=O) groups is 1. The summed E-state index contributed by atoms with van der Waals surface area (Å²) in [6.45, 7) is 3.87. The van der Waals surface area contributed by atoms with Crippen molar-refractivity contribution in [1.29, 1.82) is 0 Å². The molecule has 0 saturated heterocycles. The molecule has 0 aliphatic heterocycles. The Morgan fingerprint density at radius 2 is 2.25 bits per heavy atom. The molecule has 1 saturated carbocycles. The fourth-order valence-corrected chi connectivity index (χ4v) is 1.67. The Morgan fingerprint density at radius 1 is 1.67 bits per heavy atom. The van der Waals surface area contributed by atoms with Gasteiger partial charge in [-0.3, -0.25) is 4.79 Å². The predicted octanol–water partition coefficient (Wildman–Crippen LogP) is 2.25. The van der Waals surface area contributed by atoms with E-state index in [0.717, 1.165) is 0 Å². The standard InChI is InChI=1S/C9H11ClO2/c1-9(2)6(4-3-5-10)7(9)8(11)12/h4-7H,1-2H3,(H,11,12)/t3?,6-,7+/m1/s1. The first-order valence-corrected chi connectivity index (χ1v) is 4.19. The molecule has 3 heteroatoms. The lowest BCUT2D eigenvalue weighted by atomic mass is 10.1. The lowest BCUT2D eigenvalue weighted by Gasteiger charge is -1.95. The molecule has 2 atom stereocenters. The monoisotopic (exact) mass is 186 g/mol. The van der Waals surface area contributed by atoms with E-state index in [0.29, 0.717) is 0 Å². The minimum atomic E-state index is -0.738. The Hall–Kier alpha value is -0.720. The molecule has 12 heavy (non-hydrogen) atoms. The summed E-state index contributed by atoms with van der Waals surface area (Å²) in [5.41, 5.74) is 3.83. The topological polar surface area (TPSA) is 37.3 Å². The average Bonchev–Trinajstić information content (AvgIpc) is 2.49. The molecule has 0 unspecified atom stereocenters. The Morgan fingerprint density at radius 3 is 2.58 bits per heavy atom. The lowest BCUT2D eigenvalue weighted by Crippen LogP contribution is -2.02. The molecule has 0 bridgehead atoms. The molecule has 0 aromatic rings. The summed E-state index contributed by atoms with van der Waals surface area (Å²) in [6.07, 6.45) is 1.73. The highest BCUT2D eigenvalue weighted by atomic mass is 35.5. The van der Waals surface area contributed by atoms with Crippen LogP contribution in [0.5, 0.6) is 0 Å². The van der Waals surface area contributed by atoms with Crippen LogP contribution >= 0.6 is 11.6 Å². The van der Waals surface area contributed by atoms with Crippen LogP contribution in [0.4, 0.5) is 0 Å². The van der Waals surface area contributed by atoms with E-state index < -0.39 is 5.97 Å². The van der Waals surface area contributed by atoms with Gasteiger partial charge >= 0.3 is 5.97 Å². The molecule has 1 rings (SSSR count). The zero-order chi connectivity index (χ0) is 9.35. The molecule has 66 valence electrons. The highest BCUT2D eigenvalue weighted by molar-refractivity contribution is 6.25. The van der Waals surface area contributed by atoms with Crippen LogP contribution < -0.4 is 0 Å². The molecular formula is C9H11ClO2. The van der Waals surface area contributed by atoms with Crippen LogP contribution in [0, 0.1) is 17.3 Å². The van der Waals surface area contributed by atoms with E-state index in [4.69, 9.17) is 16.7 Å².